The summed E-state index contributed by atoms with van der Waals surface area (Å²) in [6.45, 7) is 1.04. The summed E-state index contributed by atoms with van der Waals surface area (Å²) in [6, 6.07) is 5.85. The van der Waals surface area contributed by atoms with Crippen LogP contribution in [0.2, 0.25) is 0 Å². The van der Waals surface area contributed by atoms with Gasteiger partial charge in [0.25, 0.3) is 0 Å². The number of carbonyl (C=O) groups is 1. The van der Waals surface area contributed by atoms with Gasteiger partial charge in [-0.15, -0.1) is 0 Å². The molecule has 1 aromatic heterocycles. The van der Waals surface area contributed by atoms with Crippen LogP contribution < -0.4 is 10.6 Å². The number of hydrogen-bond donors (Lipinski definition) is 2. The van der Waals surface area contributed by atoms with Crippen molar-refractivity contribution in [1.82, 2.24) is 15.6 Å². The summed E-state index contributed by atoms with van der Waals surface area (Å²) < 4.78 is 0. The van der Waals surface area contributed by atoms with Gasteiger partial charge in [-0.1, -0.05) is 6.07 Å². The summed E-state index contributed by atoms with van der Waals surface area (Å²) in [5, 5.41) is 6.60. The smallest absolute Gasteiger partial charge is 0.234 e. The fraction of sp³-hybridized carbons (Fsp3) is 0.667. The molecule has 4 aliphatic carbocycles. The Morgan fingerprint density at radius 2 is 1.82 bits per heavy atom. The van der Waals surface area contributed by atoms with E-state index in [4.69, 9.17) is 0 Å². The minimum atomic E-state index is 0.124. The highest BCUT2D eigenvalue weighted by Gasteiger charge is 2.51. The van der Waals surface area contributed by atoms with Crippen LogP contribution in [0.4, 0.5) is 0 Å². The van der Waals surface area contributed by atoms with Gasteiger partial charge in [0.2, 0.25) is 5.91 Å². The van der Waals surface area contributed by atoms with Crippen molar-refractivity contribution < 1.29 is 4.79 Å². The largest absolute Gasteiger partial charge is 0.350 e. The monoisotopic (exact) mass is 299 g/mol. The van der Waals surface area contributed by atoms with Crippen molar-refractivity contribution >= 4 is 5.91 Å². The number of pyridine rings is 1. The first-order valence-electron chi connectivity index (χ1n) is 8.62. The van der Waals surface area contributed by atoms with Crippen molar-refractivity contribution in [2.24, 2.45) is 17.8 Å². The van der Waals surface area contributed by atoms with Crippen LogP contribution in [-0.2, 0) is 11.3 Å². The number of nitrogens with one attached hydrogen (secondary N) is 2. The molecule has 5 rings (SSSR count). The summed E-state index contributed by atoms with van der Waals surface area (Å²) in [7, 11) is 0. The number of rotatable bonds is 5. The van der Waals surface area contributed by atoms with Gasteiger partial charge < -0.3 is 10.6 Å². The maximum Gasteiger partial charge on any atom is 0.234 e. The second-order valence-electron chi connectivity index (χ2n) is 7.67. The van der Waals surface area contributed by atoms with E-state index in [-0.39, 0.29) is 11.4 Å². The molecule has 118 valence electrons. The second-order valence-corrected chi connectivity index (χ2v) is 7.67. The van der Waals surface area contributed by atoms with E-state index in [9.17, 15) is 4.79 Å². The molecule has 1 amide bonds. The van der Waals surface area contributed by atoms with Crippen molar-refractivity contribution in [3.05, 3.63) is 30.1 Å². The number of hydrogen-bond acceptors (Lipinski definition) is 3. The highest BCUT2D eigenvalue weighted by molar-refractivity contribution is 5.79. The summed E-state index contributed by atoms with van der Waals surface area (Å²) in [5.41, 5.74) is 1.10. The normalized spacial score (nSPS) is 35.5. The van der Waals surface area contributed by atoms with Crippen LogP contribution in [0.5, 0.6) is 0 Å². The van der Waals surface area contributed by atoms with E-state index in [0.29, 0.717) is 13.1 Å². The Kier molecular flexibility index (Phi) is 3.65. The van der Waals surface area contributed by atoms with E-state index in [1.54, 1.807) is 6.20 Å². The molecule has 0 radical (unpaired) electrons. The lowest BCUT2D eigenvalue weighted by Gasteiger charge is -2.56. The van der Waals surface area contributed by atoms with Crippen LogP contribution in [0.1, 0.15) is 44.2 Å². The van der Waals surface area contributed by atoms with Gasteiger partial charge in [-0.2, -0.15) is 0 Å². The van der Waals surface area contributed by atoms with Crippen molar-refractivity contribution in [1.29, 1.82) is 0 Å². The van der Waals surface area contributed by atoms with Crippen molar-refractivity contribution in [3.8, 4) is 0 Å². The molecular formula is C18H25N3O. The molecular weight excluding hydrogens is 274 g/mol. The summed E-state index contributed by atoms with van der Waals surface area (Å²) in [5.74, 6) is 2.76. The lowest BCUT2D eigenvalue weighted by Crippen LogP contribution is -2.60. The van der Waals surface area contributed by atoms with Gasteiger partial charge in [0.05, 0.1) is 12.2 Å². The lowest BCUT2D eigenvalue weighted by atomic mass is 9.53. The molecule has 2 N–H and O–H groups in total. The maximum absolute atomic E-state index is 12.3. The quantitative estimate of drug-likeness (QED) is 0.877. The van der Waals surface area contributed by atoms with Gasteiger partial charge in [-0.05, 0) is 68.4 Å². The Morgan fingerprint density at radius 1 is 1.14 bits per heavy atom. The summed E-state index contributed by atoms with van der Waals surface area (Å²) >= 11 is 0. The standard InChI is InChI=1S/C18H25N3O/c22-17(12-19-11-16-3-1-2-4-20-16)21-18-8-13-5-14(9-18)7-15(6-13)10-18/h1-4,13-15,19H,5-12H2,(H,21,22). The Hall–Kier alpha value is -1.42. The van der Waals surface area contributed by atoms with Crippen molar-refractivity contribution in [2.45, 2.75) is 50.6 Å². The van der Waals surface area contributed by atoms with Gasteiger partial charge in [0, 0.05) is 18.3 Å². The van der Waals surface area contributed by atoms with Crippen LogP contribution in [0.3, 0.4) is 0 Å². The molecule has 0 spiro atoms. The zero-order chi connectivity index (χ0) is 15.0. The average molecular weight is 299 g/mol. The molecule has 4 saturated carbocycles. The van der Waals surface area contributed by atoms with Crippen LogP contribution in [-0.4, -0.2) is 23.0 Å². The predicted octanol–water partition coefficient (Wildman–Crippen LogP) is 2.26. The molecule has 1 aromatic rings. The maximum atomic E-state index is 12.3. The Bertz CT molecular complexity index is 507. The van der Waals surface area contributed by atoms with Gasteiger partial charge in [0.1, 0.15) is 0 Å². The van der Waals surface area contributed by atoms with Gasteiger partial charge >= 0.3 is 0 Å². The number of nitrogens with zero attached hydrogens (tertiary/aromatic N) is 1. The highest BCUT2D eigenvalue weighted by atomic mass is 16.2. The van der Waals surface area contributed by atoms with Crippen LogP contribution in [0, 0.1) is 17.8 Å². The third-order valence-corrected chi connectivity index (χ3v) is 5.76. The highest BCUT2D eigenvalue weighted by Crippen LogP contribution is 2.55. The molecule has 22 heavy (non-hydrogen) atoms. The molecule has 0 saturated heterocycles. The van der Waals surface area contributed by atoms with Crippen molar-refractivity contribution in [2.75, 3.05) is 6.54 Å². The topological polar surface area (TPSA) is 54.0 Å². The van der Waals surface area contributed by atoms with Gasteiger partial charge in [-0.25, -0.2) is 0 Å². The zero-order valence-electron chi connectivity index (χ0n) is 13.1. The first kappa shape index (κ1) is 14.2. The minimum absolute atomic E-state index is 0.124. The number of carbonyl (C=O) groups excluding carboxylic acids is 1. The molecule has 0 aromatic carbocycles. The third-order valence-electron chi connectivity index (χ3n) is 5.76. The molecule has 4 aliphatic rings. The number of amides is 1. The first-order chi connectivity index (χ1) is 10.7. The Balaban J connectivity index is 1.29. The zero-order valence-corrected chi connectivity index (χ0v) is 13.1. The van der Waals surface area contributed by atoms with Crippen LogP contribution >= 0.6 is 0 Å². The lowest BCUT2D eigenvalue weighted by molar-refractivity contribution is -0.126. The van der Waals surface area contributed by atoms with E-state index >= 15 is 0 Å². The van der Waals surface area contributed by atoms with E-state index in [2.05, 4.69) is 15.6 Å². The minimum Gasteiger partial charge on any atom is -0.350 e. The molecule has 4 fully saturated rings. The third kappa shape index (κ3) is 2.89. The molecule has 0 unspecified atom stereocenters. The van der Waals surface area contributed by atoms with Crippen LogP contribution in [0.15, 0.2) is 24.4 Å². The van der Waals surface area contributed by atoms with Gasteiger partial charge in [-0.3, -0.25) is 9.78 Å². The van der Waals surface area contributed by atoms with E-state index in [0.717, 1.165) is 23.4 Å². The molecule has 1 heterocycles. The summed E-state index contributed by atoms with van der Waals surface area (Å²) in [6.07, 6.45) is 9.65. The average Bonchev–Trinajstić information content (AvgIpc) is 2.46. The van der Waals surface area contributed by atoms with E-state index in [1.807, 2.05) is 18.2 Å². The molecule has 4 heteroatoms. The van der Waals surface area contributed by atoms with E-state index < -0.39 is 0 Å². The SMILES string of the molecule is O=C(CNCc1ccccn1)NC12CC3CC(CC(C3)C1)C2. The van der Waals surface area contributed by atoms with Gasteiger partial charge in [0.15, 0.2) is 0 Å². The first-order valence-corrected chi connectivity index (χ1v) is 8.62. The van der Waals surface area contributed by atoms with E-state index in [1.165, 1.54) is 38.5 Å². The second kappa shape index (κ2) is 5.65. The molecule has 0 aliphatic heterocycles. The predicted molar refractivity (Wildman–Crippen MR) is 85.0 cm³/mol. The van der Waals surface area contributed by atoms with Crippen molar-refractivity contribution in [3.63, 3.8) is 0 Å². The molecule has 0 atom stereocenters. The summed E-state index contributed by atoms with van der Waals surface area (Å²) in [4.78, 5) is 16.6. The Morgan fingerprint density at radius 3 is 2.41 bits per heavy atom. The molecule has 4 nitrogen and oxygen atoms in total. The molecule has 4 bridgehead atoms. The number of aromatic nitrogens is 1. The Labute approximate surface area is 132 Å². The fourth-order valence-electron chi connectivity index (χ4n) is 5.41. The fourth-order valence-corrected chi connectivity index (χ4v) is 5.41. The van der Waals surface area contributed by atoms with Crippen LogP contribution in [0.25, 0.3) is 0 Å².